The number of ether oxygens (including phenoxy) is 3. The van der Waals surface area contributed by atoms with Crippen LogP contribution < -0.4 is 15.2 Å². The number of nitrogens with two attached hydrogens (primary N) is 1. The molecule has 0 saturated carbocycles. The van der Waals surface area contributed by atoms with Crippen molar-refractivity contribution in [2.24, 2.45) is 5.73 Å². The second-order valence-electron chi connectivity index (χ2n) is 4.06. The minimum Gasteiger partial charge on any atom is -0.493 e. The van der Waals surface area contributed by atoms with Gasteiger partial charge in [-0.1, -0.05) is 6.07 Å². The van der Waals surface area contributed by atoms with Gasteiger partial charge in [-0.25, -0.2) is 0 Å². The molecular weight excluding hydrogens is 246 g/mol. The Morgan fingerprint density at radius 1 is 1.26 bits per heavy atom. The zero-order chi connectivity index (χ0) is 14.3. The summed E-state index contributed by atoms with van der Waals surface area (Å²) in [6.07, 6.45) is 0.845. The van der Waals surface area contributed by atoms with Crippen molar-refractivity contribution < 1.29 is 19.0 Å². The molecule has 0 saturated heterocycles. The van der Waals surface area contributed by atoms with E-state index >= 15 is 0 Å². The lowest BCUT2D eigenvalue weighted by atomic mass is 10.0. The van der Waals surface area contributed by atoms with Crippen LogP contribution in [0.3, 0.4) is 0 Å². The molecule has 0 fully saturated rings. The molecule has 106 valence electrons. The molecule has 0 aromatic heterocycles. The molecule has 2 N–H and O–H groups in total. The Morgan fingerprint density at radius 2 is 1.95 bits per heavy atom. The third-order valence-corrected chi connectivity index (χ3v) is 2.80. The molecule has 5 heteroatoms. The number of rotatable bonds is 7. The fraction of sp³-hybridized carbons (Fsp3) is 0.500. The van der Waals surface area contributed by atoms with E-state index in [9.17, 15) is 4.79 Å². The Balaban J connectivity index is 2.66. The van der Waals surface area contributed by atoms with Crippen LogP contribution in [0.2, 0.25) is 0 Å². The summed E-state index contributed by atoms with van der Waals surface area (Å²) in [7, 11) is 3.16. The highest BCUT2D eigenvalue weighted by Crippen LogP contribution is 2.30. The Morgan fingerprint density at radius 3 is 2.53 bits per heavy atom. The van der Waals surface area contributed by atoms with E-state index in [-0.39, 0.29) is 12.0 Å². The Hall–Kier alpha value is -1.75. The molecule has 19 heavy (non-hydrogen) atoms. The zero-order valence-electron chi connectivity index (χ0n) is 11.6. The SMILES string of the molecule is CCOC(=O)CCC(N)c1ccc(OC)c(OC)c1. The quantitative estimate of drug-likeness (QED) is 0.765. The van der Waals surface area contributed by atoms with Crippen molar-refractivity contribution in [2.75, 3.05) is 20.8 Å². The van der Waals surface area contributed by atoms with Crippen molar-refractivity contribution in [3.8, 4) is 11.5 Å². The fourth-order valence-corrected chi connectivity index (χ4v) is 1.76. The monoisotopic (exact) mass is 267 g/mol. The van der Waals surface area contributed by atoms with E-state index in [1.54, 1.807) is 27.2 Å². The number of benzene rings is 1. The minimum absolute atomic E-state index is 0.224. The summed E-state index contributed by atoms with van der Waals surface area (Å²) in [6.45, 7) is 2.18. The molecule has 1 atom stereocenters. The lowest BCUT2D eigenvalue weighted by molar-refractivity contribution is -0.143. The maximum Gasteiger partial charge on any atom is 0.305 e. The lowest BCUT2D eigenvalue weighted by Gasteiger charge is -2.14. The number of hydrogen-bond acceptors (Lipinski definition) is 5. The van der Waals surface area contributed by atoms with Gasteiger partial charge < -0.3 is 19.9 Å². The van der Waals surface area contributed by atoms with Gasteiger partial charge in [0.05, 0.1) is 20.8 Å². The van der Waals surface area contributed by atoms with Crippen molar-refractivity contribution in [1.29, 1.82) is 0 Å². The Bertz CT molecular complexity index is 420. The third kappa shape index (κ3) is 4.44. The van der Waals surface area contributed by atoms with Gasteiger partial charge in [0.2, 0.25) is 0 Å². The van der Waals surface area contributed by atoms with Gasteiger partial charge in [0, 0.05) is 12.5 Å². The molecular formula is C14H21NO4. The second-order valence-corrected chi connectivity index (χ2v) is 4.06. The Labute approximate surface area is 113 Å². The van der Waals surface area contributed by atoms with Gasteiger partial charge in [-0.05, 0) is 31.0 Å². The summed E-state index contributed by atoms with van der Waals surface area (Å²) in [5, 5.41) is 0. The summed E-state index contributed by atoms with van der Waals surface area (Å²) in [4.78, 5) is 11.3. The summed E-state index contributed by atoms with van der Waals surface area (Å²) in [5.41, 5.74) is 6.96. The highest BCUT2D eigenvalue weighted by Gasteiger charge is 2.12. The molecule has 0 amide bonds. The number of methoxy groups -OCH3 is 2. The maximum absolute atomic E-state index is 11.3. The van der Waals surface area contributed by atoms with Gasteiger partial charge in [0.25, 0.3) is 0 Å². The van der Waals surface area contributed by atoms with Crippen molar-refractivity contribution in [3.63, 3.8) is 0 Å². The van der Waals surface area contributed by atoms with Crippen LogP contribution in [0.5, 0.6) is 11.5 Å². The van der Waals surface area contributed by atoms with E-state index in [0.717, 1.165) is 5.56 Å². The minimum atomic E-state index is -0.232. The van der Waals surface area contributed by atoms with E-state index in [0.29, 0.717) is 30.9 Å². The van der Waals surface area contributed by atoms with Crippen molar-refractivity contribution in [3.05, 3.63) is 23.8 Å². The molecule has 0 aliphatic rings. The van der Waals surface area contributed by atoms with Crippen molar-refractivity contribution in [2.45, 2.75) is 25.8 Å². The highest BCUT2D eigenvalue weighted by molar-refractivity contribution is 5.69. The fourth-order valence-electron chi connectivity index (χ4n) is 1.76. The summed E-state index contributed by atoms with van der Waals surface area (Å²) in [6, 6.07) is 5.27. The Kier molecular flexibility index (Phi) is 6.15. The number of esters is 1. The van der Waals surface area contributed by atoms with E-state index < -0.39 is 0 Å². The van der Waals surface area contributed by atoms with E-state index in [1.807, 2.05) is 12.1 Å². The first-order valence-corrected chi connectivity index (χ1v) is 6.25. The van der Waals surface area contributed by atoms with Gasteiger partial charge >= 0.3 is 5.97 Å². The number of hydrogen-bond donors (Lipinski definition) is 1. The van der Waals surface area contributed by atoms with Crippen molar-refractivity contribution >= 4 is 5.97 Å². The molecule has 1 aromatic carbocycles. The molecule has 0 bridgehead atoms. The zero-order valence-corrected chi connectivity index (χ0v) is 11.6. The largest absolute Gasteiger partial charge is 0.493 e. The van der Waals surface area contributed by atoms with Crippen LogP contribution in [0, 0.1) is 0 Å². The van der Waals surface area contributed by atoms with Crippen LogP contribution in [0.4, 0.5) is 0 Å². The van der Waals surface area contributed by atoms with E-state index in [1.165, 1.54) is 0 Å². The van der Waals surface area contributed by atoms with Gasteiger partial charge in [-0.15, -0.1) is 0 Å². The average molecular weight is 267 g/mol. The predicted molar refractivity (Wildman–Crippen MR) is 72.3 cm³/mol. The molecule has 1 rings (SSSR count). The summed E-state index contributed by atoms with van der Waals surface area (Å²) < 4.78 is 15.3. The number of carbonyl (C=O) groups excluding carboxylic acids is 1. The topological polar surface area (TPSA) is 70.8 Å². The summed E-state index contributed by atoms with van der Waals surface area (Å²) >= 11 is 0. The molecule has 0 heterocycles. The van der Waals surface area contributed by atoms with Crippen LogP contribution in [0.15, 0.2) is 18.2 Å². The summed E-state index contributed by atoms with van der Waals surface area (Å²) in [5.74, 6) is 1.06. The lowest BCUT2D eigenvalue weighted by Crippen LogP contribution is -2.14. The van der Waals surface area contributed by atoms with Gasteiger partial charge in [0.15, 0.2) is 11.5 Å². The molecule has 0 aliphatic heterocycles. The van der Waals surface area contributed by atoms with Crippen LogP contribution >= 0.6 is 0 Å². The smallest absolute Gasteiger partial charge is 0.305 e. The third-order valence-electron chi connectivity index (χ3n) is 2.80. The molecule has 5 nitrogen and oxygen atoms in total. The highest BCUT2D eigenvalue weighted by atomic mass is 16.5. The second kappa shape index (κ2) is 7.63. The molecule has 1 aromatic rings. The van der Waals surface area contributed by atoms with E-state index in [2.05, 4.69) is 0 Å². The van der Waals surface area contributed by atoms with Gasteiger partial charge in [0.1, 0.15) is 0 Å². The van der Waals surface area contributed by atoms with E-state index in [4.69, 9.17) is 19.9 Å². The first kappa shape index (κ1) is 15.3. The van der Waals surface area contributed by atoms with Gasteiger partial charge in [-0.2, -0.15) is 0 Å². The van der Waals surface area contributed by atoms with Crippen molar-refractivity contribution in [1.82, 2.24) is 0 Å². The maximum atomic E-state index is 11.3. The van der Waals surface area contributed by atoms with Crippen LogP contribution in [0.1, 0.15) is 31.4 Å². The molecule has 0 aliphatic carbocycles. The van der Waals surface area contributed by atoms with Crippen LogP contribution in [-0.4, -0.2) is 26.8 Å². The number of carbonyl (C=O) groups is 1. The molecule has 0 radical (unpaired) electrons. The first-order valence-electron chi connectivity index (χ1n) is 6.25. The van der Waals surface area contributed by atoms with Crippen LogP contribution in [0.25, 0.3) is 0 Å². The van der Waals surface area contributed by atoms with Gasteiger partial charge in [-0.3, -0.25) is 4.79 Å². The normalized spacial score (nSPS) is 11.8. The standard InChI is InChI=1S/C14H21NO4/c1-4-19-14(16)8-6-11(15)10-5-7-12(17-2)13(9-10)18-3/h5,7,9,11H,4,6,8,15H2,1-3H3. The predicted octanol–water partition coefficient (Wildman–Crippen LogP) is 2.05. The molecule has 1 unspecified atom stereocenters. The first-order chi connectivity index (χ1) is 9.12. The molecule has 0 spiro atoms. The van der Waals surface area contributed by atoms with Crippen LogP contribution in [-0.2, 0) is 9.53 Å². The average Bonchev–Trinajstić information content (AvgIpc) is 2.44.